The largest absolute Gasteiger partial charge is 0.472 e. The van der Waals surface area contributed by atoms with Gasteiger partial charge in [-0.2, -0.15) is 0 Å². The van der Waals surface area contributed by atoms with Gasteiger partial charge >= 0.3 is 39.5 Å². The molecule has 540 valence electrons. The fourth-order valence-electron chi connectivity index (χ4n) is 10.8. The Labute approximate surface area is 556 Å². The minimum absolute atomic E-state index is 0.101. The molecule has 6 atom stereocenters. The van der Waals surface area contributed by atoms with Gasteiger partial charge in [-0.05, 0) is 49.4 Å². The molecule has 0 fully saturated rings. The van der Waals surface area contributed by atoms with Crippen molar-refractivity contribution < 1.29 is 80.2 Å². The molecule has 19 heteroatoms. The molecule has 17 nitrogen and oxygen atoms in total. The fourth-order valence-corrected chi connectivity index (χ4v) is 12.4. The Morgan fingerprint density at radius 1 is 0.308 bits per heavy atom. The summed E-state index contributed by atoms with van der Waals surface area (Å²) >= 11 is 0. The van der Waals surface area contributed by atoms with Gasteiger partial charge in [-0.25, -0.2) is 9.13 Å². The minimum atomic E-state index is -4.95. The molecule has 0 aliphatic carbocycles. The van der Waals surface area contributed by atoms with E-state index in [1.54, 1.807) is 0 Å². The van der Waals surface area contributed by atoms with Crippen LogP contribution in [0.25, 0.3) is 0 Å². The first kappa shape index (κ1) is 89.1. The third-order valence-electron chi connectivity index (χ3n) is 16.9. The minimum Gasteiger partial charge on any atom is -0.462 e. The summed E-state index contributed by atoms with van der Waals surface area (Å²) in [6.07, 6.45) is 44.7. The lowest BCUT2D eigenvalue weighted by Crippen LogP contribution is -2.30. The van der Waals surface area contributed by atoms with Crippen LogP contribution in [-0.4, -0.2) is 96.7 Å². The van der Waals surface area contributed by atoms with E-state index in [9.17, 15) is 43.2 Å². The third kappa shape index (κ3) is 65.1. The highest BCUT2D eigenvalue weighted by molar-refractivity contribution is 7.47. The number of phosphoric acid groups is 2. The van der Waals surface area contributed by atoms with Crippen molar-refractivity contribution in [1.82, 2.24) is 0 Å². The van der Waals surface area contributed by atoms with Crippen LogP contribution in [0.3, 0.4) is 0 Å². The molecule has 0 heterocycles. The van der Waals surface area contributed by atoms with Crippen molar-refractivity contribution in [3.05, 3.63) is 0 Å². The first-order valence-electron chi connectivity index (χ1n) is 37.2. The highest BCUT2D eigenvalue weighted by atomic mass is 31.2. The van der Waals surface area contributed by atoms with E-state index in [1.807, 2.05) is 0 Å². The van der Waals surface area contributed by atoms with E-state index in [4.69, 9.17) is 37.0 Å². The van der Waals surface area contributed by atoms with Crippen LogP contribution in [0.4, 0.5) is 0 Å². The Hall–Kier alpha value is -1.94. The Bertz CT molecular complexity index is 1800. The van der Waals surface area contributed by atoms with Crippen LogP contribution in [0.1, 0.15) is 357 Å². The molecule has 0 spiro atoms. The molecule has 0 amide bonds. The average Bonchev–Trinajstić information content (AvgIpc) is 3.56. The van der Waals surface area contributed by atoms with E-state index in [1.165, 1.54) is 154 Å². The number of aliphatic hydroxyl groups excluding tert-OH is 1. The van der Waals surface area contributed by atoms with Crippen LogP contribution >= 0.6 is 15.6 Å². The van der Waals surface area contributed by atoms with Gasteiger partial charge in [-0.1, -0.05) is 306 Å². The van der Waals surface area contributed by atoms with E-state index < -0.39 is 97.5 Å². The molecule has 0 saturated carbocycles. The number of phosphoric ester groups is 2. The SMILES string of the molecule is CCC(C)CCCCCCCCC(=O)OC[C@H](COP(=O)(O)OC[C@H](O)COP(=O)(O)OC[C@@H](COC(=O)CCCCCCCCCCCCC(C)C)OC(=O)CCCCCCCCC(C)C)OC(=O)CCCCCCCCCCCCCCCCCCC(C)C. The van der Waals surface area contributed by atoms with Gasteiger partial charge in [-0.3, -0.25) is 37.3 Å². The molecule has 0 bridgehead atoms. The lowest BCUT2D eigenvalue weighted by Gasteiger charge is -2.21. The van der Waals surface area contributed by atoms with Crippen LogP contribution < -0.4 is 0 Å². The molecule has 91 heavy (non-hydrogen) atoms. The zero-order valence-corrected chi connectivity index (χ0v) is 61.3. The number of ether oxygens (including phenoxy) is 4. The van der Waals surface area contributed by atoms with E-state index in [0.717, 1.165) is 114 Å². The molecule has 3 unspecified atom stereocenters. The van der Waals surface area contributed by atoms with Crippen LogP contribution in [0.2, 0.25) is 0 Å². The number of aliphatic hydroxyl groups is 1. The Balaban J connectivity index is 5.19. The Morgan fingerprint density at radius 3 is 0.780 bits per heavy atom. The van der Waals surface area contributed by atoms with Crippen molar-refractivity contribution in [2.45, 2.75) is 375 Å². The van der Waals surface area contributed by atoms with E-state index in [0.29, 0.717) is 31.6 Å². The van der Waals surface area contributed by atoms with Crippen LogP contribution in [0.5, 0.6) is 0 Å². The molecule has 0 aliphatic rings. The lowest BCUT2D eigenvalue weighted by atomic mass is 10.00. The summed E-state index contributed by atoms with van der Waals surface area (Å²) in [6, 6.07) is 0. The number of rotatable bonds is 69. The number of carbonyl (C=O) groups is 4. The van der Waals surface area contributed by atoms with Gasteiger partial charge in [0, 0.05) is 25.7 Å². The molecule has 0 radical (unpaired) electrons. The Morgan fingerprint density at radius 2 is 0.527 bits per heavy atom. The van der Waals surface area contributed by atoms with E-state index in [-0.39, 0.29) is 25.7 Å². The number of carbonyl (C=O) groups excluding carboxylic acids is 4. The molecular formula is C72H140O17P2. The zero-order chi connectivity index (χ0) is 67.5. The van der Waals surface area contributed by atoms with Gasteiger partial charge in [0.15, 0.2) is 12.2 Å². The quantitative estimate of drug-likeness (QED) is 0.0222. The number of hydrogen-bond donors (Lipinski definition) is 3. The molecule has 3 N–H and O–H groups in total. The van der Waals surface area contributed by atoms with Gasteiger partial charge in [0.25, 0.3) is 0 Å². The fraction of sp³-hybridized carbons (Fsp3) is 0.944. The maximum Gasteiger partial charge on any atom is 0.472 e. The second-order valence-electron chi connectivity index (χ2n) is 27.6. The van der Waals surface area contributed by atoms with Crippen molar-refractivity contribution in [2.75, 3.05) is 39.6 Å². The first-order valence-corrected chi connectivity index (χ1v) is 40.2. The normalized spacial score (nSPS) is 14.5. The lowest BCUT2D eigenvalue weighted by molar-refractivity contribution is -0.161. The molecule has 0 saturated heterocycles. The second-order valence-corrected chi connectivity index (χ2v) is 30.6. The van der Waals surface area contributed by atoms with Crippen LogP contribution in [0.15, 0.2) is 0 Å². The summed E-state index contributed by atoms with van der Waals surface area (Å²) in [7, 11) is -9.90. The third-order valence-corrected chi connectivity index (χ3v) is 18.8. The first-order chi connectivity index (χ1) is 43.6. The van der Waals surface area contributed by atoms with Gasteiger partial charge in [0.05, 0.1) is 26.4 Å². The number of esters is 4. The van der Waals surface area contributed by atoms with Crippen molar-refractivity contribution in [3.63, 3.8) is 0 Å². The molecule has 0 aromatic carbocycles. The van der Waals surface area contributed by atoms with Gasteiger partial charge < -0.3 is 33.8 Å². The summed E-state index contributed by atoms with van der Waals surface area (Å²) in [5.41, 5.74) is 0. The van der Waals surface area contributed by atoms with Gasteiger partial charge in [0.2, 0.25) is 0 Å². The Kier molecular flexibility index (Phi) is 60.3. The highest BCUT2D eigenvalue weighted by Gasteiger charge is 2.30. The van der Waals surface area contributed by atoms with Crippen molar-refractivity contribution in [1.29, 1.82) is 0 Å². The zero-order valence-electron chi connectivity index (χ0n) is 59.5. The summed E-state index contributed by atoms with van der Waals surface area (Å²) < 4.78 is 68.3. The molecule has 0 aliphatic heterocycles. The summed E-state index contributed by atoms with van der Waals surface area (Å²) in [5, 5.41) is 10.6. The summed E-state index contributed by atoms with van der Waals surface area (Å²) in [5.74, 6) is 0.836. The molecular weight excluding hydrogens is 1200 g/mol. The average molecular weight is 1340 g/mol. The van der Waals surface area contributed by atoms with Gasteiger partial charge in [0.1, 0.15) is 19.3 Å². The number of unbranched alkanes of at least 4 members (excludes halogenated alkanes) is 34. The maximum absolute atomic E-state index is 13.0. The predicted octanol–water partition coefficient (Wildman–Crippen LogP) is 20.5. The summed E-state index contributed by atoms with van der Waals surface area (Å²) in [4.78, 5) is 72.5. The maximum atomic E-state index is 13.0. The number of hydrogen-bond acceptors (Lipinski definition) is 15. The summed E-state index contributed by atoms with van der Waals surface area (Å²) in [6.45, 7) is 14.1. The van der Waals surface area contributed by atoms with Crippen molar-refractivity contribution >= 4 is 39.5 Å². The van der Waals surface area contributed by atoms with Crippen LogP contribution in [0, 0.1) is 23.7 Å². The second kappa shape index (κ2) is 61.6. The van der Waals surface area contributed by atoms with Crippen LogP contribution in [-0.2, 0) is 65.4 Å². The smallest absolute Gasteiger partial charge is 0.462 e. The van der Waals surface area contributed by atoms with E-state index in [2.05, 4.69) is 55.4 Å². The van der Waals surface area contributed by atoms with Crippen molar-refractivity contribution in [2.24, 2.45) is 23.7 Å². The van der Waals surface area contributed by atoms with E-state index >= 15 is 0 Å². The molecule has 0 aromatic rings. The predicted molar refractivity (Wildman–Crippen MR) is 367 cm³/mol. The highest BCUT2D eigenvalue weighted by Crippen LogP contribution is 2.45. The molecule has 0 aromatic heterocycles. The molecule has 0 rings (SSSR count). The monoisotopic (exact) mass is 1340 g/mol. The standard InChI is InChI=1S/C72H140O17P2/c1-9-65(8)51-43-35-29-31-37-45-53-70(75)83-59-67(88-71(76)54-46-38-27-23-17-15-13-11-10-12-14-16-20-24-32-40-48-62(2)3)60-86-90(78,79)84-56-66(73)57-85-91(80,81)87-61-68(89-72(77)55-47-39-30-28-34-42-50-64(6)7)58-82-69(74)52-44-36-26-22-19-18-21-25-33-41-49-63(4)5/h62-68,73H,9-61H2,1-8H3,(H,78,79)(H,80,81)/t65?,66-,67+,68+/m0/s1. The van der Waals surface area contributed by atoms with Crippen molar-refractivity contribution in [3.8, 4) is 0 Å². The van der Waals surface area contributed by atoms with Gasteiger partial charge in [-0.15, -0.1) is 0 Å². The topological polar surface area (TPSA) is 237 Å².